The van der Waals surface area contributed by atoms with Crippen molar-refractivity contribution in [1.29, 1.82) is 0 Å². The Morgan fingerprint density at radius 1 is 1.11 bits per heavy atom. The van der Waals surface area contributed by atoms with Gasteiger partial charge in [0.25, 0.3) is 0 Å². The van der Waals surface area contributed by atoms with Gasteiger partial charge in [0, 0.05) is 6.61 Å². The van der Waals surface area contributed by atoms with Crippen molar-refractivity contribution in [2.45, 2.75) is 39.0 Å². The predicted octanol–water partition coefficient (Wildman–Crippen LogP) is 2.96. The summed E-state index contributed by atoms with van der Waals surface area (Å²) in [5.74, 6) is -0.257. The molecule has 1 N–H and O–H groups in total. The summed E-state index contributed by atoms with van der Waals surface area (Å²) in [7, 11) is 0. The number of benzene rings is 1. The van der Waals surface area contributed by atoms with Gasteiger partial charge in [-0.05, 0) is 43.9 Å². The Hall–Kier alpha value is -1.35. The zero-order chi connectivity index (χ0) is 13.2. The maximum atomic E-state index is 11.4. The van der Waals surface area contributed by atoms with Gasteiger partial charge in [0.15, 0.2) is 0 Å². The third-order valence-corrected chi connectivity index (χ3v) is 2.84. The van der Waals surface area contributed by atoms with Crippen LogP contribution in [0, 0.1) is 0 Å². The van der Waals surface area contributed by atoms with Gasteiger partial charge >= 0.3 is 5.97 Å². The smallest absolute Gasteiger partial charge is 0.338 e. The monoisotopic (exact) mass is 250 g/mol. The van der Waals surface area contributed by atoms with E-state index in [0.717, 1.165) is 32.1 Å². The Bertz CT molecular complexity index is 343. The number of hydrogen-bond donors (Lipinski definition) is 1. The van der Waals surface area contributed by atoms with Crippen LogP contribution in [-0.4, -0.2) is 24.3 Å². The highest BCUT2D eigenvalue weighted by Crippen LogP contribution is 2.10. The number of aliphatic hydroxyl groups is 1. The second-order valence-corrected chi connectivity index (χ2v) is 4.31. The van der Waals surface area contributed by atoms with E-state index in [1.54, 1.807) is 6.92 Å². The van der Waals surface area contributed by atoms with E-state index in [0.29, 0.717) is 12.2 Å². The molecule has 0 aliphatic carbocycles. The van der Waals surface area contributed by atoms with E-state index in [4.69, 9.17) is 9.84 Å². The van der Waals surface area contributed by atoms with E-state index in [-0.39, 0.29) is 12.6 Å². The Balaban J connectivity index is 2.33. The van der Waals surface area contributed by atoms with E-state index < -0.39 is 0 Å². The molecule has 3 nitrogen and oxygen atoms in total. The van der Waals surface area contributed by atoms with Crippen LogP contribution in [0.4, 0.5) is 0 Å². The van der Waals surface area contributed by atoms with Crippen LogP contribution in [-0.2, 0) is 11.2 Å². The van der Waals surface area contributed by atoms with Gasteiger partial charge in [0.1, 0.15) is 0 Å². The number of aryl methyl sites for hydroxylation is 1. The molecule has 0 spiro atoms. The first-order chi connectivity index (χ1) is 8.77. The number of rotatable bonds is 8. The molecule has 0 aliphatic rings. The van der Waals surface area contributed by atoms with Gasteiger partial charge in [-0.2, -0.15) is 0 Å². The summed E-state index contributed by atoms with van der Waals surface area (Å²) in [5.41, 5.74) is 1.85. The van der Waals surface area contributed by atoms with Gasteiger partial charge in [0.05, 0.1) is 12.2 Å². The summed E-state index contributed by atoms with van der Waals surface area (Å²) in [5, 5.41) is 8.67. The minimum atomic E-state index is -0.257. The van der Waals surface area contributed by atoms with Crippen LogP contribution >= 0.6 is 0 Å². The van der Waals surface area contributed by atoms with E-state index >= 15 is 0 Å². The first-order valence-corrected chi connectivity index (χ1v) is 6.65. The Morgan fingerprint density at radius 3 is 2.39 bits per heavy atom. The number of carbonyl (C=O) groups is 1. The maximum absolute atomic E-state index is 11.4. The lowest BCUT2D eigenvalue weighted by Crippen LogP contribution is -2.04. The minimum Gasteiger partial charge on any atom is -0.462 e. The number of hydrogen-bond acceptors (Lipinski definition) is 3. The summed E-state index contributed by atoms with van der Waals surface area (Å²) in [6.07, 6.45) is 5.26. The fraction of sp³-hybridized carbons (Fsp3) is 0.533. The summed E-state index contributed by atoms with van der Waals surface area (Å²) < 4.78 is 4.93. The van der Waals surface area contributed by atoms with Crippen molar-refractivity contribution < 1.29 is 14.6 Å². The van der Waals surface area contributed by atoms with Gasteiger partial charge < -0.3 is 9.84 Å². The maximum Gasteiger partial charge on any atom is 0.338 e. The quantitative estimate of drug-likeness (QED) is 0.570. The zero-order valence-corrected chi connectivity index (χ0v) is 11.0. The van der Waals surface area contributed by atoms with Crippen LogP contribution < -0.4 is 0 Å². The molecular weight excluding hydrogens is 228 g/mol. The molecule has 0 unspecified atom stereocenters. The number of carbonyl (C=O) groups excluding carboxylic acids is 1. The average molecular weight is 250 g/mol. The molecule has 0 aromatic heterocycles. The standard InChI is InChI=1S/C15H22O3/c1-2-18-15(17)14-10-8-13(9-11-14)7-5-3-4-6-12-16/h8-11,16H,2-7,12H2,1H3. The molecule has 0 aliphatic heterocycles. The van der Waals surface area contributed by atoms with Crippen molar-refractivity contribution in [1.82, 2.24) is 0 Å². The lowest BCUT2D eigenvalue weighted by molar-refractivity contribution is 0.0526. The molecule has 3 heteroatoms. The molecular formula is C15H22O3. The molecule has 1 aromatic carbocycles. The van der Waals surface area contributed by atoms with E-state index in [2.05, 4.69) is 0 Å². The molecule has 0 bridgehead atoms. The predicted molar refractivity (Wildman–Crippen MR) is 71.7 cm³/mol. The highest BCUT2D eigenvalue weighted by atomic mass is 16.5. The second kappa shape index (κ2) is 8.70. The SMILES string of the molecule is CCOC(=O)c1ccc(CCCCCCO)cc1. The third kappa shape index (κ3) is 5.32. The fourth-order valence-corrected chi connectivity index (χ4v) is 1.82. The van der Waals surface area contributed by atoms with Crippen LogP contribution in [0.2, 0.25) is 0 Å². The Kier molecular flexibility index (Phi) is 7.11. The molecule has 18 heavy (non-hydrogen) atoms. The largest absolute Gasteiger partial charge is 0.462 e. The van der Waals surface area contributed by atoms with Gasteiger partial charge in [-0.15, -0.1) is 0 Å². The molecule has 0 heterocycles. The van der Waals surface area contributed by atoms with Crippen molar-refractivity contribution in [2.24, 2.45) is 0 Å². The van der Waals surface area contributed by atoms with Crippen LogP contribution in [0.25, 0.3) is 0 Å². The molecule has 1 aromatic rings. The van der Waals surface area contributed by atoms with Crippen LogP contribution in [0.3, 0.4) is 0 Å². The summed E-state index contributed by atoms with van der Waals surface area (Å²) in [6, 6.07) is 7.61. The highest BCUT2D eigenvalue weighted by molar-refractivity contribution is 5.89. The lowest BCUT2D eigenvalue weighted by Gasteiger charge is -2.04. The first kappa shape index (κ1) is 14.7. The number of aliphatic hydroxyl groups excluding tert-OH is 1. The topological polar surface area (TPSA) is 46.5 Å². The van der Waals surface area contributed by atoms with Crippen molar-refractivity contribution in [3.8, 4) is 0 Å². The van der Waals surface area contributed by atoms with Gasteiger partial charge in [-0.3, -0.25) is 0 Å². The zero-order valence-electron chi connectivity index (χ0n) is 11.0. The van der Waals surface area contributed by atoms with Crippen molar-refractivity contribution in [3.05, 3.63) is 35.4 Å². The molecule has 0 atom stereocenters. The molecule has 0 saturated heterocycles. The fourth-order valence-electron chi connectivity index (χ4n) is 1.82. The number of ether oxygens (including phenoxy) is 1. The molecule has 0 radical (unpaired) electrons. The van der Waals surface area contributed by atoms with Crippen molar-refractivity contribution in [2.75, 3.05) is 13.2 Å². The summed E-state index contributed by atoms with van der Waals surface area (Å²) in [4.78, 5) is 11.4. The molecule has 100 valence electrons. The van der Waals surface area contributed by atoms with Crippen LogP contribution in [0.1, 0.15) is 48.5 Å². The number of esters is 1. The van der Waals surface area contributed by atoms with Crippen molar-refractivity contribution in [3.63, 3.8) is 0 Å². The summed E-state index contributed by atoms with van der Waals surface area (Å²) >= 11 is 0. The Labute approximate surface area is 109 Å². The molecule has 0 saturated carbocycles. The van der Waals surface area contributed by atoms with E-state index in [1.165, 1.54) is 5.56 Å². The Morgan fingerprint density at radius 2 is 1.78 bits per heavy atom. The van der Waals surface area contributed by atoms with Gasteiger partial charge in [-0.25, -0.2) is 4.79 Å². The average Bonchev–Trinajstić information content (AvgIpc) is 2.39. The highest BCUT2D eigenvalue weighted by Gasteiger charge is 2.05. The summed E-state index contributed by atoms with van der Waals surface area (Å²) in [6.45, 7) is 2.50. The minimum absolute atomic E-state index is 0.257. The molecule has 1 rings (SSSR count). The van der Waals surface area contributed by atoms with Gasteiger partial charge in [0.2, 0.25) is 0 Å². The third-order valence-electron chi connectivity index (χ3n) is 2.84. The molecule has 0 amide bonds. The van der Waals surface area contributed by atoms with Gasteiger partial charge in [-0.1, -0.05) is 25.0 Å². The van der Waals surface area contributed by atoms with E-state index in [9.17, 15) is 4.79 Å². The van der Waals surface area contributed by atoms with Crippen LogP contribution in [0.5, 0.6) is 0 Å². The normalized spacial score (nSPS) is 10.3. The van der Waals surface area contributed by atoms with Crippen molar-refractivity contribution >= 4 is 5.97 Å². The first-order valence-electron chi connectivity index (χ1n) is 6.65. The van der Waals surface area contributed by atoms with E-state index in [1.807, 2.05) is 24.3 Å². The molecule has 0 fully saturated rings. The lowest BCUT2D eigenvalue weighted by atomic mass is 10.0. The van der Waals surface area contributed by atoms with Crippen LogP contribution in [0.15, 0.2) is 24.3 Å². The number of unbranched alkanes of at least 4 members (excludes halogenated alkanes) is 3. The second-order valence-electron chi connectivity index (χ2n) is 4.31.